The molecule has 5 heteroatoms. The first-order valence-corrected chi connectivity index (χ1v) is 6.30. The SMILES string of the molecule is Nc1ccnc(N2C[C@@H]3[C@H](C2)[C@H]2CC[C@@H]3O2)n1. The Morgan fingerprint density at radius 3 is 2.59 bits per heavy atom. The van der Waals surface area contributed by atoms with Gasteiger partial charge in [0, 0.05) is 31.1 Å². The van der Waals surface area contributed by atoms with Crippen molar-refractivity contribution in [2.24, 2.45) is 11.8 Å². The van der Waals surface area contributed by atoms with Crippen LogP contribution in [0.4, 0.5) is 11.8 Å². The van der Waals surface area contributed by atoms with Crippen LogP contribution in [0.15, 0.2) is 12.3 Å². The summed E-state index contributed by atoms with van der Waals surface area (Å²) >= 11 is 0. The second kappa shape index (κ2) is 3.32. The van der Waals surface area contributed by atoms with Crippen molar-refractivity contribution < 1.29 is 4.74 Å². The van der Waals surface area contributed by atoms with Crippen LogP contribution in [0.2, 0.25) is 0 Å². The third-order valence-corrected chi connectivity index (χ3v) is 4.40. The lowest BCUT2D eigenvalue weighted by molar-refractivity contribution is 0.0849. The van der Waals surface area contributed by atoms with Gasteiger partial charge < -0.3 is 15.4 Å². The summed E-state index contributed by atoms with van der Waals surface area (Å²) in [6.07, 6.45) is 5.17. The summed E-state index contributed by atoms with van der Waals surface area (Å²) in [7, 11) is 0. The van der Waals surface area contributed by atoms with Crippen molar-refractivity contribution in [1.82, 2.24) is 9.97 Å². The average molecular weight is 232 g/mol. The van der Waals surface area contributed by atoms with Crippen LogP contribution in [0, 0.1) is 11.8 Å². The molecule has 1 aromatic rings. The molecule has 3 aliphatic rings. The quantitative estimate of drug-likeness (QED) is 0.771. The second-order valence-corrected chi connectivity index (χ2v) is 5.30. The van der Waals surface area contributed by atoms with E-state index in [1.807, 2.05) is 0 Å². The zero-order valence-electron chi connectivity index (χ0n) is 9.62. The highest BCUT2D eigenvalue weighted by molar-refractivity contribution is 5.39. The number of hydrogen-bond donors (Lipinski definition) is 1. The predicted octanol–water partition coefficient (Wildman–Crippen LogP) is 0.672. The number of ether oxygens (including phenoxy) is 1. The monoisotopic (exact) mass is 232 g/mol. The van der Waals surface area contributed by atoms with Gasteiger partial charge in [0.15, 0.2) is 0 Å². The van der Waals surface area contributed by atoms with Gasteiger partial charge in [-0.3, -0.25) is 0 Å². The van der Waals surface area contributed by atoms with Crippen LogP contribution in [0.25, 0.3) is 0 Å². The van der Waals surface area contributed by atoms with Crippen LogP contribution in [-0.2, 0) is 4.74 Å². The third-order valence-electron chi connectivity index (χ3n) is 4.40. The van der Waals surface area contributed by atoms with E-state index in [0.717, 1.165) is 19.0 Å². The molecule has 3 saturated heterocycles. The van der Waals surface area contributed by atoms with Gasteiger partial charge in [0.05, 0.1) is 12.2 Å². The number of nitrogens with two attached hydrogens (primary N) is 1. The highest BCUT2D eigenvalue weighted by Crippen LogP contribution is 2.47. The summed E-state index contributed by atoms with van der Waals surface area (Å²) in [5.74, 6) is 2.68. The maximum Gasteiger partial charge on any atom is 0.227 e. The molecule has 0 unspecified atom stereocenters. The van der Waals surface area contributed by atoms with Crippen molar-refractivity contribution in [3.05, 3.63) is 12.3 Å². The fraction of sp³-hybridized carbons (Fsp3) is 0.667. The summed E-state index contributed by atoms with van der Waals surface area (Å²) in [6, 6.07) is 1.73. The highest BCUT2D eigenvalue weighted by Gasteiger charge is 2.53. The van der Waals surface area contributed by atoms with Gasteiger partial charge in [0.1, 0.15) is 5.82 Å². The molecule has 0 saturated carbocycles. The molecular weight excluding hydrogens is 216 g/mol. The van der Waals surface area contributed by atoms with E-state index < -0.39 is 0 Å². The molecular formula is C12H16N4O. The molecule has 0 aliphatic carbocycles. The van der Waals surface area contributed by atoms with Crippen LogP contribution in [0.1, 0.15) is 12.8 Å². The van der Waals surface area contributed by atoms with Gasteiger partial charge in [0.2, 0.25) is 5.95 Å². The van der Waals surface area contributed by atoms with E-state index in [2.05, 4.69) is 14.9 Å². The van der Waals surface area contributed by atoms with Gasteiger partial charge in [-0.1, -0.05) is 0 Å². The number of rotatable bonds is 1. The zero-order chi connectivity index (χ0) is 11.4. The Hall–Kier alpha value is -1.36. The lowest BCUT2D eigenvalue weighted by Gasteiger charge is -2.18. The van der Waals surface area contributed by atoms with Crippen molar-refractivity contribution >= 4 is 11.8 Å². The molecule has 2 bridgehead atoms. The first-order chi connectivity index (χ1) is 8.31. The van der Waals surface area contributed by atoms with Crippen molar-refractivity contribution in [3.8, 4) is 0 Å². The van der Waals surface area contributed by atoms with Crippen LogP contribution >= 0.6 is 0 Å². The molecule has 0 amide bonds. The lowest BCUT2D eigenvalue weighted by Crippen LogP contribution is -2.26. The molecule has 0 aromatic carbocycles. The standard InChI is InChI=1S/C12H16N4O/c13-11-3-4-14-12(15-11)16-5-7-8(6-16)10-2-1-9(7)17-10/h3-4,7-10H,1-2,5-6H2,(H2,13,14,15)/t7-,8+,9+,10-. The van der Waals surface area contributed by atoms with E-state index >= 15 is 0 Å². The zero-order valence-corrected chi connectivity index (χ0v) is 9.62. The van der Waals surface area contributed by atoms with E-state index in [-0.39, 0.29) is 0 Å². The van der Waals surface area contributed by atoms with Crippen LogP contribution < -0.4 is 10.6 Å². The first kappa shape index (κ1) is 9.65. The van der Waals surface area contributed by atoms with Crippen molar-refractivity contribution in [1.29, 1.82) is 0 Å². The van der Waals surface area contributed by atoms with Gasteiger partial charge in [-0.25, -0.2) is 4.98 Å². The molecule has 2 N–H and O–H groups in total. The maximum atomic E-state index is 5.96. The van der Waals surface area contributed by atoms with Gasteiger partial charge in [-0.2, -0.15) is 4.98 Å². The fourth-order valence-corrected chi connectivity index (χ4v) is 3.64. The molecule has 3 fully saturated rings. The lowest BCUT2D eigenvalue weighted by atomic mass is 9.82. The van der Waals surface area contributed by atoms with Gasteiger partial charge in [-0.05, 0) is 18.9 Å². The second-order valence-electron chi connectivity index (χ2n) is 5.30. The molecule has 1 aromatic heterocycles. The summed E-state index contributed by atoms with van der Waals surface area (Å²) in [5, 5.41) is 0. The Bertz CT molecular complexity index is 434. The Morgan fingerprint density at radius 2 is 1.94 bits per heavy atom. The molecule has 0 spiro atoms. The van der Waals surface area contributed by atoms with Crippen molar-refractivity contribution in [2.75, 3.05) is 23.7 Å². The summed E-state index contributed by atoms with van der Waals surface area (Å²) in [4.78, 5) is 10.9. The van der Waals surface area contributed by atoms with Crippen molar-refractivity contribution in [2.45, 2.75) is 25.0 Å². The number of nitrogen functional groups attached to an aromatic ring is 1. The third kappa shape index (κ3) is 1.35. The van der Waals surface area contributed by atoms with E-state index in [9.17, 15) is 0 Å². The topological polar surface area (TPSA) is 64.3 Å². The molecule has 0 radical (unpaired) electrons. The van der Waals surface area contributed by atoms with Crippen LogP contribution in [0.5, 0.6) is 0 Å². The van der Waals surface area contributed by atoms with Crippen LogP contribution in [-0.4, -0.2) is 35.3 Å². The van der Waals surface area contributed by atoms with E-state index in [1.54, 1.807) is 12.3 Å². The minimum Gasteiger partial charge on any atom is -0.384 e. The Balaban J connectivity index is 1.59. The number of anilines is 2. The molecule has 5 nitrogen and oxygen atoms in total. The maximum absolute atomic E-state index is 5.96. The normalized spacial score (nSPS) is 38.7. The molecule has 17 heavy (non-hydrogen) atoms. The minimum absolute atomic E-state index is 0.482. The molecule has 90 valence electrons. The van der Waals surface area contributed by atoms with Gasteiger partial charge in [-0.15, -0.1) is 0 Å². The highest BCUT2D eigenvalue weighted by atomic mass is 16.5. The first-order valence-electron chi connectivity index (χ1n) is 6.30. The largest absolute Gasteiger partial charge is 0.384 e. The molecule has 3 aliphatic heterocycles. The molecule has 4 atom stereocenters. The Morgan fingerprint density at radius 1 is 1.24 bits per heavy atom. The Kier molecular flexibility index (Phi) is 1.88. The van der Waals surface area contributed by atoms with E-state index in [0.29, 0.717) is 29.9 Å². The molecule has 4 heterocycles. The summed E-state index contributed by atoms with van der Waals surface area (Å²) in [6.45, 7) is 2.05. The smallest absolute Gasteiger partial charge is 0.227 e. The van der Waals surface area contributed by atoms with E-state index in [1.165, 1.54) is 12.8 Å². The number of nitrogens with zero attached hydrogens (tertiary/aromatic N) is 3. The fourth-order valence-electron chi connectivity index (χ4n) is 3.64. The predicted molar refractivity (Wildman–Crippen MR) is 63.5 cm³/mol. The number of aromatic nitrogens is 2. The molecule has 4 rings (SSSR count). The number of fused-ring (bicyclic) bond motifs is 5. The summed E-state index contributed by atoms with van der Waals surface area (Å²) < 4.78 is 5.96. The minimum atomic E-state index is 0.482. The van der Waals surface area contributed by atoms with Gasteiger partial charge in [0.25, 0.3) is 0 Å². The van der Waals surface area contributed by atoms with Gasteiger partial charge >= 0.3 is 0 Å². The summed E-state index contributed by atoms with van der Waals surface area (Å²) in [5.41, 5.74) is 5.71. The van der Waals surface area contributed by atoms with Crippen LogP contribution in [0.3, 0.4) is 0 Å². The number of hydrogen-bond acceptors (Lipinski definition) is 5. The van der Waals surface area contributed by atoms with E-state index in [4.69, 9.17) is 10.5 Å². The average Bonchev–Trinajstić information content (AvgIpc) is 3.01. The Labute approximate surface area is 100.0 Å². The van der Waals surface area contributed by atoms with Crippen molar-refractivity contribution in [3.63, 3.8) is 0 Å².